The lowest BCUT2D eigenvalue weighted by Gasteiger charge is -2.36. The number of primary amides is 1. The molecule has 2 heterocycles. The number of hydrogen-bond acceptors (Lipinski definition) is 3. The SMILES string of the molecule is NC(=O)C1CN(C(=O)c2cccs2)C1. The smallest absolute Gasteiger partial charge is 0.263 e. The largest absolute Gasteiger partial charge is 0.369 e. The van der Waals surface area contributed by atoms with E-state index in [1.807, 2.05) is 11.4 Å². The first kappa shape index (κ1) is 9.21. The van der Waals surface area contributed by atoms with Crippen molar-refractivity contribution >= 4 is 23.2 Å². The molecular weight excluding hydrogens is 200 g/mol. The van der Waals surface area contributed by atoms with Gasteiger partial charge in [0.25, 0.3) is 5.91 Å². The number of likely N-dealkylation sites (tertiary alicyclic amines) is 1. The van der Waals surface area contributed by atoms with Crippen molar-refractivity contribution in [2.24, 2.45) is 11.7 Å². The Morgan fingerprint density at radius 1 is 1.50 bits per heavy atom. The van der Waals surface area contributed by atoms with Crippen molar-refractivity contribution in [2.75, 3.05) is 13.1 Å². The van der Waals surface area contributed by atoms with Crippen molar-refractivity contribution in [3.63, 3.8) is 0 Å². The van der Waals surface area contributed by atoms with Gasteiger partial charge in [-0.05, 0) is 11.4 Å². The van der Waals surface area contributed by atoms with E-state index in [1.165, 1.54) is 11.3 Å². The van der Waals surface area contributed by atoms with Crippen LogP contribution in [0.5, 0.6) is 0 Å². The zero-order valence-electron chi connectivity index (χ0n) is 7.47. The van der Waals surface area contributed by atoms with Crippen molar-refractivity contribution in [2.45, 2.75) is 0 Å². The third-order valence-corrected chi connectivity index (χ3v) is 3.16. The fourth-order valence-electron chi connectivity index (χ4n) is 1.38. The first-order valence-corrected chi connectivity index (χ1v) is 5.18. The first-order chi connectivity index (χ1) is 6.68. The molecule has 14 heavy (non-hydrogen) atoms. The predicted molar refractivity (Wildman–Crippen MR) is 52.9 cm³/mol. The molecule has 0 spiro atoms. The summed E-state index contributed by atoms with van der Waals surface area (Å²) in [5.74, 6) is -0.475. The molecule has 4 nitrogen and oxygen atoms in total. The van der Waals surface area contributed by atoms with Gasteiger partial charge in [0.05, 0.1) is 10.8 Å². The predicted octanol–water partition coefficient (Wildman–Crippen LogP) is 0.305. The third-order valence-electron chi connectivity index (χ3n) is 2.30. The zero-order valence-corrected chi connectivity index (χ0v) is 8.29. The molecule has 0 atom stereocenters. The number of carbonyl (C=O) groups is 2. The summed E-state index contributed by atoms with van der Waals surface area (Å²) in [4.78, 5) is 24.7. The third kappa shape index (κ3) is 1.50. The van der Waals surface area contributed by atoms with Gasteiger partial charge in [-0.25, -0.2) is 0 Å². The van der Waals surface area contributed by atoms with Gasteiger partial charge >= 0.3 is 0 Å². The summed E-state index contributed by atoms with van der Waals surface area (Å²) < 4.78 is 0. The molecule has 1 aliphatic heterocycles. The summed E-state index contributed by atoms with van der Waals surface area (Å²) >= 11 is 1.41. The molecule has 0 aromatic carbocycles. The van der Waals surface area contributed by atoms with E-state index >= 15 is 0 Å². The van der Waals surface area contributed by atoms with Crippen LogP contribution >= 0.6 is 11.3 Å². The van der Waals surface area contributed by atoms with Crippen molar-refractivity contribution in [3.8, 4) is 0 Å². The Balaban J connectivity index is 1.95. The van der Waals surface area contributed by atoms with Crippen LogP contribution in [-0.4, -0.2) is 29.8 Å². The van der Waals surface area contributed by atoms with Crippen LogP contribution in [0.25, 0.3) is 0 Å². The molecule has 0 radical (unpaired) electrons. The molecular formula is C9H10N2O2S. The minimum Gasteiger partial charge on any atom is -0.369 e. The topological polar surface area (TPSA) is 63.4 Å². The highest BCUT2D eigenvalue weighted by Gasteiger charge is 2.34. The molecule has 0 aliphatic carbocycles. The van der Waals surface area contributed by atoms with Crippen molar-refractivity contribution < 1.29 is 9.59 Å². The molecule has 0 unspecified atom stereocenters. The van der Waals surface area contributed by atoms with Crippen LogP contribution in [0.2, 0.25) is 0 Å². The number of amides is 2. The molecule has 2 rings (SSSR count). The van der Waals surface area contributed by atoms with Crippen LogP contribution < -0.4 is 5.73 Å². The van der Waals surface area contributed by atoms with Crippen molar-refractivity contribution in [1.29, 1.82) is 0 Å². The summed E-state index contributed by atoms with van der Waals surface area (Å²) in [7, 11) is 0. The summed E-state index contributed by atoms with van der Waals surface area (Å²) in [6.45, 7) is 0.929. The van der Waals surface area contributed by atoms with Gasteiger partial charge in [0.2, 0.25) is 5.91 Å². The minimum atomic E-state index is -0.319. The molecule has 0 saturated carbocycles. The maximum Gasteiger partial charge on any atom is 0.263 e. The summed E-state index contributed by atoms with van der Waals surface area (Å²) in [6.07, 6.45) is 0. The van der Waals surface area contributed by atoms with E-state index < -0.39 is 0 Å². The lowest BCUT2D eigenvalue weighted by Crippen LogP contribution is -2.54. The van der Waals surface area contributed by atoms with Gasteiger partial charge in [-0.2, -0.15) is 0 Å². The highest BCUT2D eigenvalue weighted by molar-refractivity contribution is 7.12. The Morgan fingerprint density at radius 3 is 2.71 bits per heavy atom. The number of hydrogen-bond donors (Lipinski definition) is 1. The van der Waals surface area contributed by atoms with Crippen LogP contribution in [0, 0.1) is 5.92 Å². The van der Waals surface area contributed by atoms with Gasteiger partial charge in [0, 0.05) is 13.1 Å². The van der Waals surface area contributed by atoms with Gasteiger partial charge in [-0.1, -0.05) is 6.07 Å². The molecule has 1 aliphatic rings. The van der Waals surface area contributed by atoms with E-state index in [1.54, 1.807) is 11.0 Å². The number of thiophene rings is 1. The van der Waals surface area contributed by atoms with Gasteiger partial charge in [-0.3, -0.25) is 9.59 Å². The number of rotatable bonds is 2. The van der Waals surface area contributed by atoms with Gasteiger partial charge in [-0.15, -0.1) is 11.3 Å². The second-order valence-corrected chi connectivity index (χ2v) is 4.23. The van der Waals surface area contributed by atoms with E-state index in [2.05, 4.69) is 0 Å². The van der Waals surface area contributed by atoms with E-state index in [9.17, 15) is 9.59 Å². The fourth-order valence-corrected chi connectivity index (χ4v) is 2.07. The van der Waals surface area contributed by atoms with Crippen LogP contribution in [0.1, 0.15) is 9.67 Å². The Hall–Kier alpha value is -1.36. The van der Waals surface area contributed by atoms with Crippen LogP contribution in [0.4, 0.5) is 0 Å². The monoisotopic (exact) mass is 210 g/mol. The number of carbonyl (C=O) groups excluding carboxylic acids is 2. The second kappa shape index (κ2) is 3.42. The highest BCUT2D eigenvalue weighted by atomic mass is 32.1. The van der Waals surface area contributed by atoms with Crippen molar-refractivity contribution in [1.82, 2.24) is 4.90 Å². The van der Waals surface area contributed by atoms with E-state index in [0.717, 1.165) is 0 Å². The van der Waals surface area contributed by atoms with Gasteiger partial charge in [0.15, 0.2) is 0 Å². The Kier molecular flexibility index (Phi) is 2.25. The average Bonchev–Trinajstić information content (AvgIpc) is 2.51. The second-order valence-electron chi connectivity index (χ2n) is 3.29. The lowest BCUT2D eigenvalue weighted by molar-refractivity contribution is -0.125. The minimum absolute atomic E-state index is 0.00231. The van der Waals surface area contributed by atoms with Crippen molar-refractivity contribution in [3.05, 3.63) is 22.4 Å². The maximum atomic E-state index is 11.6. The number of nitrogens with two attached hydrogens (primary N) is 1. The lowest BCUT2D eigenvalue weighted by atomic mass is 9.99. The molecule has 1 aromatic rings. The molecule has 1 aromatic heterocycles. The molecule has 2 amide bonds. The zero-order chi connectivity index (χ0) is 10.1. The van der Waals surface area contributed by atoms with E-state index in [4.69, 9.17) is 5.73 Å². The molecule has 2 N–H and O–H groups in total. The molecule has 5 heteroatoms. The summed E-state index contributed by atoms with van der Waals surface area (Å²) in [5, 5.41) is 1.86. The van der Waals surface area contributed by atoms with Crippen LogP contribution in [-0.2, 0) is 4.79 Å². The molecule has 74 valence electrons. The van der Waals surface area contributed by atoms with Gasteiger partial charge < -0.3 is 10.6 Å². The van der Waals surface area contributed by atoms with Crippen LogP contribution in [0.15, 0.2) is 17.5 Å². The first-order valence-electron chi connectivity index (χ1n) is 4.30. The quantitative estimate of drug-likeness (QED) is 0.763. The Labute approximate surface area is 85.3 Å². The normalized spacial score (nSPS) is 16.4. The van der Waals surface area contributed by atoms with Gasteiger partial charge in [0.1, 0.15) is 0 Å². The molecule has 0 bridgehead atoms. The fraction of sp³-hybridized carbons (Fsp3) is 0.333. The van der Waals surface area contributed by atoms with Crippen LogP contribution in [0.3, 0.4) is 0 Å². The highest BCUT2D eigenvalue weighted by Crippen LogP contribution is 2.20. The molecule has 1 saturated heterocycles. The Bertz CT molecular complexity index is 355. The standard InChI is InChI=1S/C9H10N2O2S/c10-8(12)6-4-11(5-6)9(13)7-2-1-3-14-7/h1-3,6H,4-5H2,(H2,10,12). The van der Waals surface area contributed by atoms with E-state index in [-0.39, 0.29) is 17.7 Å². The van der Waals surface area contributed by atoms with E-state index in [0.29, 0.717) is 18.0 Å². The average molecular weight is 210 g/mol. The molecule has 1 fully saturated rings. The number of nitrogens with zero attached hydrogens (tertiary/aromatic N) is 1. The summed E-state index contributed by atoms with van der Waals surface area (Å²) in [5.41, 5.74) is 5.10. The maximum absolute atomic E-state index is 11.6. The Morgan fingerprint density at radius 2 is 2.21 bits per heavy atom. The summed E-state index contributed by atoms with van der Waals surface area (Å²) in [6, 6.07) is 3.62.